The molecule has 1 aromatic carbocycles. The molecule has 0 saturated heterocycles. The van der Waals surface area contributed by atoms with E-state index in [1.807, 2.05) is 19.1 Å². The van der Waals surface area contributed by atoms with Gasteiger partial charge in [0.2, 0.25) is 0 Å². The molecule has 1 aliphatic carbocycles. The first-order valence-corrected chi connectivity index (χ1v) is 5.97. The number of carbonyl (C=O) groups is 1. The number of carboxylic acid groups (broad SMARTS) is 1. The van der Waals surface area contributed by atoms with Crippen LogP contribution in [0, 0.1) is 12.3 Å². The van der Waals surface area contributed by atoms with E-state index in [1.54, 1.807) is 14.2 Å². The second-order valence-electron chi connectivity index (χ2n) is 4.90. The summed E-state index contributed by atoms with van der Waals surface area (Å²) in [6.07, 6.45) is 2.08. The molecule has 1 aliphatic rings. The standard InChI is InChI=1S/C14H18O4/c1-9-6-11(17-2)12(18-3)7-10(9)8-14(4-5-14)13(15)16/h6-7H,4-5,8H2,1-3H3,(H,15,16). The van der Waals surface area contributed by atoms with E-state index in [0.29, 0.717) is 17.9 Å². The van der Waals surface area contributed by atoms with Crippen LogP contribution in [-0.4, -0.2) is 25.3 Å². The predicted molar refractivity (Wildman–Crippen MR) is 67.3 cm³/mol. The van der Waals surface area contributed by atoms with E-state index in [9.17, 15) is 9.90 Å². The first-order chi connectivity index (χ1) is 8.52. The Morgan fingerprint density at radius 2 is 1.83 bits per heavy atom. The van der Waals surface area contributed by atoms with Crippen molar-refractivity contribution in [3.05, 3.63) is 23.3 Å². The maximum Gasteiger partial charge on any atom is 0.309 e. The van der Waals surface area contributed by atoms with Gasteiger partial charge >= 0.3 is 5.97 Å². The summed E-state index contributed by atoms with van der Waals surface area (Å²) >= 11 is 0. The average Bonchev–Trinajstić information content (AvgIpc) is 3.12. The molecule has 0 heterocycles. The van der Waals surface area contributed by atoms with Crippen molar-refractivity contribution in [3.63, 3.8) is 0 Å². The number of ether oxygens (including phenoxy) is 2. The van der Waals surface area contributed by atoms with Gasteiger partial charge in [-0.15, -0.1) is 0 Å². The molecule has 1 saturated carbocycles. The number of benzene rings is 1. The van der Waals surface area contributed by atoms with Crippen molar-refractivity contribution in [2.45, 2.75) is 26.2 Å². The fourth-order valence-corrected chi connectivity index (χ4v) is 2.19. The SMILES string of the molecule is COc1cc(C)c(CC2(C(=O)O)CC2)cc1OC. The molecule has 1 aromatic rings. The minimum atomic E-state index is -0.698. The van der Waals surface area contributed by atoms with Gasteiger partial charge in [0, 0.05) is 0 Å². The van der Waals surface area contributed by atoms with Crippen LogP contribution < -0.4 is 9.47 Å². The van der Waals surface area contributed by atoms with Crippen LogP contribution in [0.25, 0.3) is 0 Å². The van der Waals surface area contributed by atoms with Gasteiger partial charge in [-0.1, -0.05) is 0 Å². The lowest BCUT2D eigenvalue weighted by atomic mass is 9.93. The Bertz CT molecular complexity index is 475. The highest BCUT2D eigenvalue weighted by Gasteiger charge is 2.50. The van der Waals surface area contributed by atoms with Crippen LogP contribution in [0.15, 0.2) is 12.1 Å². The fraction of sp³-hybridized carbons (Fsp3) is 0.500. The van der Waals surface area contributed by atoms with Gasteiger partial charge in [-0.25, -0.2) is 0 Å². The van der Waals surface area contributed by atoms with Crippen LogP contribution in [0.1, 0.15) is 24.0 Å². The van der Waals surface area contributed by atoms with Gasteiger partial charge in [0.05, 0.1) is 19.6 Å². The monoisotopic (exact) mass is 250 g/mol. The Morgan fingerprint density at radius 1 is 1.28 bits per heavy atom. The van der Waals surface area contributed by atoms with Crippen molar-refractivity contribution in [3.8, 4) is 11.5 Å². The normalized spacial score (nSPS) is 16.2. The molecule has 2 rings (SSSR count). The van der Waals surface area contributed by atoms with Crippen molar-refractivity contribution >= 4 is 5.97 Å². The van der Waals surface area contributed by atoms with Gasteiger partial charge in [-0.2, -0.15) is 0 Å². The highest BCUT2D eigenvalue weighted by atomic mass is 16.5. The van der Waals surface area contributed by atoms with E-state index in [1.165, 1.54) is 0 Å². The van der Waals surface area contributed by atoms with E-state index >= 15 is 0 Å². The molecule has 0 atom stereocenters. The second kappa shape index (κ2) is 4.52. The third-order valence-corrected chi connectivity index (χ3v) is 3.68. The third-order valence-electron chi connectivity index (χ3n) is 3.68. The molecule has 0 bridgehead atoms. The number of aryl methyl sites for hydroxylation is 1. The lowest BCUT2D eigenvalue weighted by Gasteiger charge is -2.15. The summed E-state index contributed by atoms with van der Waals surface area (Å²) in [5, 5.41) is 9.23. The van der Waals surface area contributed by atoms with Crippen molar-refractivity contribution in [2.24, 2.45) is 5.41 Å². The highest BCUT2D eigenvalue weighted by molar-refractivity contribution is 5.78. The summed E-state index contributed by atoms with van der Waals surface area (Å²) in [5.74, 6) is 0.634. The van der Waals surface area contributed by atoms with Crippen LogP contribution >= 0.6 is 0 Å². The summed E-state index contributed by atoms with van der Waals surface area (Å²) in [4.78, 5) is 11.2. The minimum absolute atomic E-state index is 0.551. The summed E-state index contributed by atoms with van der Waals surface area (Å²) in [7, 11) is 3.18. The van der Waals surface area contributed by atoms with Gasteiger partial charge in [0.15, 0.2) is 11.5 Å². The molecule has 1 N–H and O–H groups in total. The van der Waals surface area contributed by atoms with Crippen molar-refractivity contribution in [2.75, 3.05) is 14.2 Å². The van der Waals surface area contributed by atoms with Crippen molar-refractivity contribution in [1.82, 2.24) is 0 Å². The topological polar surface area (TPSA) is 55.8 Å². The molecule has 0 unspecified atom stereocenters. The van der Waals surface area contributed by atoms with Crippen LogP contribution in [0.2, 0.25) is 0 Å². The number of rotatable bonds is 5. The maximum atomic E-state index is 11.2. The Labute approximate surface area is 107 Å². The molecule has 0 aliphatic heterocycles. The Balaban J connectivity index is 2.31. The van der Waals surface area contributed by atoms with Gasteiger partial charge in [0.25, 0.3) is 0 Å². The molecule has 0 spiro atoms. The van der Waals surface area contributed by atoms with Gasteiger partial charge < -0.3 is 14.6 Å². The number of carboxylic acids is 1. The number of hydrogen-bond donors (Lipinski definition) is 1. The lowest BCUT2D eigenvalue weighted by Crippen LogP contribution is -2.18. The minimum Gasteiger partial charge on any atom is -0.493 e. The fourth-order valence-electron chi connectivity index (χ4n) is 2.19. The van der Waals surface area contributed by atoms with Crippen molar-refractivity contribution < 1.29 is 19.4 Å². The molecule has 0 radical (unpaired) electrons. The third kappa shape index (κ3) is 2.15. The van der Waals surface area contributed by atoms with E-state index in [-0.39, 0.29) is 0 Å². The van der Waals surface area contributed by atoms with Crippen LogP contribution in [0.4, 0.5) is 0 Å². The summed E-state index contributed by atoms with van der Waals surface area (Å²) in [5.41, 5.74) is 1.51. The number of methoxy groups -OCH3 is 2. The highest BCUT2D eigenvalue weighted by Crippen LogP contribution is 2.49. The first-order valence-electron chi connectivity index (χ1n) is 5.97. The summed E-state index contributed by atoms with van der Waals surface area (Å²) in [6, 6.07) is 3.78. The second-order valence-corrected chi connectivity index (χ2v) is 4.90. The zero-order valence-electron chi connectivity index (χ0n) is 10.9. The van der Waals surface area contributed by atoms with Crippen LogP contribution in [-0.2, 0) is 11.2 Å². The molecule has 4 nitrogen and oxygen atoms in total. The summed E-state index contributed by atoms with van der Waals surface area (Å²) < 4.78 is 10.5. The quantitative estimate of drug-likeness (QED) is 0.872. The lowest BCUT2D eigenvalue weighted by molar-refractivity contribution is -0.143. The molecule has 0 amide bonds. The van der Waals surface area contributed by atoms with E-state index in [0.717, 1.165) is 24.0 Å². The molecular weight excluding hydrogens is 232 g/mol. The largest absolute Gasteiger partial charge is 0.493 e. The van der Waals surface area contributed by atoms with Crippen molar-refractivity contribution in [1.29, 1.82) is 0 Å². The zero-order chi connectivity index (χ0) is 13.3. The molecule has 98 valence electrons. The van der Waals surface area contributed by atoms with Gasteiger partial charge in [-0.3, -0.25) is 4.79 Å². The summed E-state index contributed by atoms with van der Waals surface area (Å²) in [6.45, 7) is 1.97. The smallest absolute Gasteiger partial charge is 0.309 e. The molecular formula is C14H18O4. The van der Waals surface area contributed by atoms with Gasteiger partial charge in [-0.05, 0) is 49.4 Å². The Morgan fingerprint density at radius 3 is 2.28 bits per heavy atom. The maximum absolute atomic E-state index is 11.2. The Kier molecular flexibility index (Phi) is 3.20. The number of hydrogen-bond acceptors (Lipinski definition) is 3. The molecule has 18 heavy (non-hydrogen) atoms. The first kappa shape index (κ1) is 12.7. The average molecular weight is 250 g/mol. The molecule has 1 fully saturated rings. The van der Waals surface area contributed by atoms with E-state index < -0.39 is 11.4 Å². The number of aliphatic carboxylic acids is 1. The molecule has 0 aromatic heterocycles. The van der Waals surface area contributed by atoms with E-state index in [4.69, 9.17) is 9.47 Å². The van der Waals surface area contributed by atoms with E-state index in [2.05, 4.69) is 0 Å². The molecule has 4 heteroatoms. The van der Waals surface area contributed by atoms with Crippen LogP contribution in [0.3, 0.4) is 0 Å². The Hall–Kier alpha value is -1.71. The van der Waals surface area contributed by atoms with Gasteiger partial charge in [0.1, 0.15) is 0 Å². The van der Waals surface area contributed by atoms with Crippen LogP contribution in [0.5, 0.6) is 11.5 Å². The zero-order valence-corrected chi connectivity index (χ0v) is 10.9. The predicted octanol–water partition coefficient (Wildman–Crippen LogP) is 2.42.